The van der Waals surface area contributed by atoms with Gasteiger partial charge in [0.1, 0.15) is 5.75 Å². The summed E-state index contributed by atoms with van der Waals surface area (Å²) in [6, 6.07) is 10.2. The van der Waals surface area contributed by atoms with Crippen molar-refractivity contribution in [3.8, 4) is 27.4 Å². The number of nitrogens with zero attached hydrogens (tertiary/aromatic N) is 2. The van der Waals surface area contributed by atoms with Crippen molar-refractivity contribution in [2.75, 3.05) is 26.0 Å². The molecule has 0 unspecified atom stereocenters. The van der Waals surface area contributed by atoms with Gasteiger partial charge in [-0.3, -0.25) is 4.99 Å². The number of para-hydroxylation sites is 1. The summed E-state index contributed by atoms with van der Waals surface area (Å²) >= 11 is 3.25. The Morgan fingerprint density at radius 1 is 1.24 bits per heavy atom. The molecule has 0 aliphatic heterocycles. The van der Waals surface area contributed by atoms with Crippen molar-refractivity contribution in [2.24, 2.45) is 4.99 Å². The zero-order valence-electron chi connectivity index (χ0n) is 14.4. The number of hydrogen-bond acceptors (Lipinski definition) is 5. The zero-order valence-corrected chi connectivity index (χ0v) is 16.0. The van der Waals surface area contributed by atoms with Crippen molar-refractivity contribution in [2.45, 2.75) is 6.92 Å². The first-order valence-electron chi connectivity index (χ1n) is 7.90. The third-order valence-corrected chi connectivity index (χ3v) is 5.29. The van der Waals surface area contributed by atoms with Crippen LogP contribution in [0.1, 0.15) is 6.92 Å². The Bertz CT molecular complexity index is 869. The van der Waals surface area contributed by atoms with E-state index in [4.69, 9.17) is 4.74 Å². The Morgan fingerprint density at radius 3 is 2.84 bits per heavy atom. The summed E-state index contributed by atoms with van der Waals surface area (Å²) in [7, 11) is 3.45. The highest BCUT2D eigenvalue weighted by atomic mass is 32.1. The number of aromatic nitrogens is 1. The normalized spacial score (nSPS) is 11.4. The van der Waals surface area contributed by atoms with Crippen molar-refractivity contribution in [1.29, 1.82) is 0 Å². The van der Waals surface area contributed by atoms with Gasteiger partial charge in [-0.25, -0.2) is 4.98 Å². The maximum absolute atomic E-state index is 5.46. The van der Waals surface area contributed by atoms with E-state index >= 15 is 0 Å². The van der Waals surface area contributed by atoms with E-state index in [2.05, 4.69) is 43.5 Å². The molecule has 0 spiro atoms. The van der Waals surface area contributed by atoms with E-state index in [-0.39, 0.29) is 0 Å². The molecule has 0 saturated carbocycles. The van der Waals surface area contributed by atoms with Gasteiger partial charge in [-0.1, -0.05) is 12.1 Å². The van der Waals surface area contributed by atoms with E-state index in [0.29, 0.717) is 0 Å². The van der Waals surface area contributed by atoms with Gasteiger partial charge in [-0.2, -0.15) is 0 Å². The number of hydrogen-bond donors (Lipinski definition) is 2. The highest BCUT2D eigenvalue weighted by molar-refractivity contribution is 7.15. The molecule has 0 fully saturated rings. The maximum Gasteiger partial charge on any atom is 0.197 e. The Kier molecular flexibility index (Phi) is 5.67. The lowest BCUT2D eigenvalue weighted by Gasteiger charge is -2.06. The molecule has 130 valence electrons. The molecule has 0 radical (unpaired) electrons. The van der Waals surface area contributed by atoms with Crippen molar-refractivity contribution < 1.29 is 4.74 Å². The molecule has 0 atom stereocenters. The number of methoxy groups -OCH3 is 1. The Hall–Kier alpha value is -2.38. The molecule has 0 aliphatic carbocycles. The average molecular weight is 373 g/mol. The highest BCUT2D eigenvalue weighted by Gasteiger charge is 2.11. The van der Waals surface area contributed by atoms with Crippen molar-refractivity contribution in [3.63, 3.8) is 0 Å². The SMILES string of the molecule is CCNC(=NC)Nc1nc(-c2csc(-c3ccccc3OC)c2)cs1. The van der Waals surface area contributed by atoms with Crippen LogP contribution in [0.3, 0.4) is 0 Å². The minimum absolute atomic E-state index is 0.725. The molecule has 3 rings (SSSR count). The van der Waals surface area contributed by atoms with Crippen molar-refractivity contribution in [1.82, 2.24) is 10.3 Å². The fourth-order valence-electron chi connectivity index (χ4n) is 2.37. The van der Waals surface area contributed by atoms with E-state index in [1.807, 2.05) is 25.1 Å². The first-order valence-corrected chi connectivity index (χ1v) is 9.66. The number of aliphatic imine (C=N–C) groups is 1. The standard InChI is InChI=1S/C18H20N4OS2/c1-4-20-17(19-2)22-18-21-14(11-25-18)12-9-16(24-10-12)13-7-5-6-8-15(13)23-3/h5-11H,4H2,1-3H3,(H2,19,20,21,22). The second-order valence-electron chi connectivity index (χ2n) is 5.17. The molecule has 0 aliphatic rings. The lowest BCUT2D eigenvalue weighted by molar-refractivity contribution is 0.416. The third-order valence-electron chi connectivity index (χ3n) is 3.57. The average Bonchev–Trinajstić information content (AvgIpc) is 3.30. The number of guanidine groups is 1. The minimum Gasteiger partial charge on any atom is -0.496 e. The van der Waals surface area contributed by atoms with Gasteiger partial charge in [0.05, 0.1) is 12.8 Å². The van der Waals surface area contributed by atoms with E-state index in [0.717, 1.165) is 40.2 Å². The summed E-state index contributed by atoms with van der Waals surface area (Å²) in [5.41, 5.74) is 3.16. The largest absolute Gasteiger partial charge is 0.496 e. The van der Waals surface area contributed by atoms with Crippen LogP contribution >= 0.6 is 22.7 Å². The monoisotopic (exact) mass is 372 g/mol. The third kappa shape index (κ3) is 4.00. The number of ether oxygens (including phenoxy) is 1. The Labute approximate surface area is 155 Å². The van der Waals surface area contributed by atoms with Crippen LogP contribution in [0.5, 0.6) is 5.75 Å². The molecule has 5 nitrogen and oxygen atoms in total. The van der Waals surface area contributed by atoms with Crippen LogP contribution in [0.15, 0.2) is 46.1 Å². The molecular formula is C18H20N4OS2. The number of thiazole rings is 1. The summed E-state index contributed by atoms with van der Waals surface area (Å²) in [5.74, 6) is 1.61. The second-order valence-corrected chi connectivity index (χ2v) is 6.93. The first kappa shape index (κ1) is 17.4. The fourth-order valence-corrected chi connectivity index (χ4v) is 4.02. The van der Waals surface area contributed by atoms with Gasteiger partial charge < -0.3 is 15.4 Å². The van der Waals surface area contributed by atoms with Gasteiger partial charge in [0.25, 0.3) is 0 Å². The summed E-state index contributed by atoms with van der Waals surface area (Å²) < 4.78 is 5.46. The lowest BCUT2D eigenvalue weighted by atomic mass is 10.1. The van der Waals surface area contributed by atoms with Crippen LogP contribution in [0, 0.1) is 0 Å². The topological polar surface area (TPSA) is 58.5 Å². The Morgan fingerprint density at radius 2 is 2.08 bits per heavy atom. The van der Waals surface area contributed by atoms with Crippen molar-refractivity contribution in [3.05, 3.63) is 41.1 Å². The lowest BCUT2D eigenvalue weighted by Crippen LogP contribution is -2.30. The first-order chi connectivity index (χ1) is 12.2. The second kappa shape index (κ2) is 8.13. The van der Waals surface area contributed by atoms with E-state index < -0.39 is 0 Å². The number of thiophene rings is 1. The molecule has 0 saturated heterocycles. The molecule has 2 heterocycles. The quantitative estimate of drug-likeness (QED) is 0.509. The van der Waals surface area contributed by atoms with Crippen LogP contribution in [-0.2, 0) is 0 Å². The molecule has 2 aromatic heterocycles. The van der Waals surface area contributed by atoms with Crippen LogP contribution < -0.4 is 15.4 Å². The van der Waals surface area contributed by atoms with Gasteiger partial charge in [-0.05, 0) is 25.1 Å². The summed E-state index contributed by atoms with van der Waals surface area (Å²) in [6.45, 7) is 2.84. The number of benzene rings is 1. The molecule has 7 heteroatoms. The zero-order chi connectivity index (χ0) is 17.6. The molecule has 1 aromatic carbocycles. The van der Waals surface area contributed by atoms with E-state index in [9.17, 15) is 0 Å². The summed E-state index contributed by atoms with van der Waals surface area (Å²) in [4.78, 5) is 9.99. The van der Waals surface area contributed by atoms with Crippen LogP contribution in [-0.4, -0.2) is 31.6 Å². The van der Waals surface area contributed by atoms with Crippen LogP contribution in [0.2, 0.25) is 0 Å². The number of anilines is 1. The molecule has 0 amide bonds. The molecule has 25 heavy (non-hydrogen) atoms. The molecule has 0 bridgehead atoms. The van der Waals surface area contributed by atoms with Gasteiger partial charge in [0.15, 0.2) is 11.1 Å². The summed E-state index contributed by atoms with van der Waals surface area (Å²) in [6.07, 6.45) is 0. The van der Waals surface area contributed by atoms with Gasteiger partial charge in [0.2, 0.25) is 0 Å². The number of rotatable bonds is 5. The van der Waals surface area contributed by atoms with Crippen LogP contribution in [0.25, 0.3) is 21.7 Å². The van der Waals surface area contributed by atoms with Gasteiger partial charge in [0, 0.05) is 40.4 Å². The van der Waals surface area contributed by atoms with Crippen LogP contribution in [0.4, 0.5) is 5.13 Å². The predicted octanol–water partition coefficient (Wildman–Crippen LogP) is 4.55. The minimum atomic E-state index is 0.725. The van der Waals surface area contributed by atoms with Gasteiger partial charge >= 0.3 is 0 Å². The van der Waals surface area contributed by atoms with E-state index in [1.165, 1.54) is 4.88 Å². The fraction of sp³-hybridized carbons (Fsp3) is 0.222. The highest BCUT2D eigenvalue weighted by Crippen LogP contribution is 2.37. The van der Waals surface area contributed by atoms with Crippen molar-refractivity contribution >= 4 is 33.8 Å². The van der Waals surface area contributed by atoms with Gasteiger partial charge in [-0.15, -0.1) is 22.7 Å². The Balaban J connectivity index is 1.81. The molecule has 3 aromatic rings. The van der Waals surface area contributed by atoms with E-state index in [1.54, 1.807) is 36.8 Å². The number of nitrogens with one attached hydrogen (secondary N) is 2. The molecular weight excluding hydrogens is 352 g/mol. The predicted molar refractivity (Wildman–Crippen MR) is 108 cm³/mol. The molecule has 2 N–H and O–H groups in total. The maximum atomic E-state index is 5.46. The summed E-state index contributed by atoms with van der Waals surface area (Å²) in [5, 5.41) is 11.4. The smallest absolute Gasteiger partial charge is 0.197 e.